The van der Waals surface area contributed by atoms with Crippen LogP contribution in [0.25, 0.3) is 0 Å². The van der Waals surface area contributed by atoms with Crippen LogP contribution < -0.4 is 10.5 Å². The molecular formula is C14H19BrN2O3. The topological polar surface area (TPSA) is 75.8 Å². The van der Waals surface area contributed by atoms with Gasteiger partial charge in [0, 0.05) is 13.1 Å². The van der Waals surface area contributed by atoms with E-state index in [1.807, 2.05) is 12.1 Å². The zero-order valence-corrected chi connectivity index (χ0v) is 13.0. The van der Waals surface area contributed by atoms with E-state index in [-0.39, 0.29) is 17.6 Å². The number of carbonyl (C=O) groups excluding carboxylic acids is 1. The monoisotopic (exact) mass is 342 g/mol. The summed E-state index contributed by atoms with van der Waals surface area (Å²) in [6, 6.07) is 3.68. The minimum absolute atomic E-state index is 0.0637. The van der Waals surface area contributed by atoms with Crippen LogP contribution >= 0.6 is 15.9 Å². The van der Waals surface area contributed by atoms with Crippen molar-refractivity contribution in [2.45, 2.75) is 19.4 Å². The maximum Gasteiger partial charge on any atom is 0.221 e. The largest absolute Gasteiger partial charge is 0.503 e. The predicted molar refractivity (Wildman–Crippen MR) is 79.6 cm³/mol. The summed E-state index contributed by atoms with van der Waals surface area (Å²) < 4.78 is 5.75. The summed E-state index contributed by atoms with van der Waals surface area (Å²) in [5.41, 5.74) is 6.41. The molecule has 0 spiro atoms. The summed E-state index contributed by atoms with van der Waals surface area (Å²) in [6.07, 6.45) is 1.85. The smallest absolute Gasteiger partial charge is 0.221 e. The lowest BCUT2D eigenvalue weighted by Gasteiger charge is -2.31. The summed E-state index contributed by atoms with van der Waals surface area (Å²) >= 11 is 3.31. The number of methoxy groups -OCH3 is 1. The van der Waals surface area contributed by atoms with Gasteiger partial charge < -0.3 is 15.6 Å². The number of nitrogens with zero attached hydrogens (tertiary/aromatic N) is 1. The van der Waals surface area contributed by atoms with Crippen molar-refractivity contribution < 1.29 is 14.6 Å². The number of ether oxygens (including phenoxy) is 1. The van der Waals surface area contributed by atoms with Crippen LogP contribution in [0.4, 0.5) is 0 Å². The van der Waals surface area contributed by atoms with Crippen molar-refractivity contribution in [2.24, 2.45) is 11.7 Å². The van der Waals surface area contributed by atoms with Gasteiger partial charge in [-0.15, -0.1) is 0 Å². The number of amides is 1. The minimum atomic E-state index is -0.223. The summed E-state index contributed by atoms with van der Waals surface area (Å²) in [6.45, 7) is 2.35. The van der Waals surface area contributed by atoms with Crippen LogP contribution in [0.5, 0.6) is 11.5 Å². The van der Waals surface area contributed by atoms with Gasteiger partial charge in [-0.3, -0.25) is 9.69 Å². The van der Waals surface area contributed by atoms with E-state index in [0.29, 0.717) is 23.3 Å². The van der Waals surface area contributed by atoms with E-state index in [2.05, 4.69) is 20.8 Å². The third-order valence-electron chi connectivity index (χ3n) is 3.62. The molecule has 1 aromatic rings. The van der Waals surface area contributed by atoms with Crippen LogP contribution in [0, 0.1) is 5.92 Å². The summed E-state index contributed by atoms with van der Waals surface area (Å²) in [5.74, 6) is 0.258. The van der Waals surface area contributed by atoms with E-state index >= 15 is 0 Å². The van der Waals surface area contributed by atoms with E-state index in [0.717, 1.165) is 24.9 Å². The highest BCUT2D eigenvalue weighted by Gasteiger charge is 2.24. The van der Waals surface area contributed by atoms with Gasteiger partial charge in [0.2, 0.25) is 5.91 Å². The fraction of sp³-hybridized carbons (Fsp3) is 0.500. The number of carbonyl (C=O) groups is 1. The van der Waals surface area contributed by atoms with Crippen molar-refractivity contribution in [3.8, 4) is 11.5 Å². The van der Waals surface area contributed by atoms with Crippen molar-refractivity contribution in [1.29, 1.82) is 0 Å². The highest BCUT2D eigenvalue weighted by Crippen LogP contribution is 2.35. The second-order valence-corrected chi connectivity index (χ2v) is 5.96. The normalized spacial score (nSPS) is 19.8. The molecule has 6 heteroatoms. The fourth-order valence-electron chi connectivity index (χ4n) is 2.56. The zero-order chi connectivity index (χ0) is 14.7. The fourth-order valence-corrected chi connectivity index (χ4v) is 3.05. The van der Waals surface area contributed by atoms with E-state index in [9.17, 15) is 9.90 Å². The first-order chi connectivity index (χ1) is 9.51. The average molecular weight is 343 g/mol. The Bertz CT molecular complexity index is 507. The Hall–Kier alpha value is -1.27. The molecule has 1 saturated heterocycles. The molecule has 110 valence electrons. The number of hydrogen-bond donors (Lipinski definition) is 2. The van der Waals surface area contributed by atoms with Crippen LogP contribution in [0.2, 0.25) is 0 Å². The molecule has 5 nitrogen and oxygen atoms in total. The second kappa shape index (κ2) is 6.45. The molecule has 1 aromatic carbocycles. The lowest BCUT2D eigenvalue weighted by molar-refractivity contribution is -0.123. The first kappa shape index (κ1) is 15.1. The van der Waals surface area contributed by atoms with Gasteiger partial charge in [-0.25, -0.2) is 0 Å². The molecule has 2 rings (SSSR count). The van der Waals surface area contributed by atoms with E-state index in [1.165, 1.54) is 7.11 Å². The van der Waals surface area contributed by atoms with Crippen LogP contribution in [-0.4, -0.2) is 36.1 Å². The number of phenols is 1. The molecule has 0 saturated carbocycles. The molecule has 1 aliphatic rings. The Labute approximate surface area is 126 Å². The lowest BCUT2D eigenvalue weighted by atomic mass is 9.97. The molecule has 1 fully saturated rings. The Morgan fingerprint density at radius 3 is 3.00 bits per heavy atom. The number of halogens is 1. The number of aromatic hydroxyl groups is 1. The van der Waals surface area contributed by atoms with Crippen LogP contribution in [0.1, 0.15) is 18.4 Å². The van der Waals surface area contributed by atoms with Gasteiger partial charge in [-0.1, -0.05) is 0 Å². The van der Waals surface area contributed by atoms with Crippen LogP contribution in [0.3, 0.4) is 0 Å². The highest BCUT2D eigenvalue weighted by molar-refractivity contribution is 9.10. The van der Waals surface area contributed by atoms with E-state index in [4.69, 9.17) is 10.5 Å². The average Bonchev–Trinajstić information content (AvgIpc) is 2.43. The highest BCUT2D eigenvalue weighted by atomic mass is 79.9. The maximum absolute atomic E-state index is 11.3. The number of hydrogen-bond acceptors (Lipinski definition) is 4. The van der Waals surface area contributed by atoms with Crippen LogP contribution in [-0.2, 0) is 11.3 Å². The summed E-state index contributed by atoms with van der Waals surface area (Å²) in [5, 5.41) is 9.80. The van der Waals surface area contributed by atoms with Crippen molar-refractivity contribution in [3.05, 3.63) is 22.2 Å². The molecule has 3 N–H and O–H groups in total. The second-order valence-electron chi connectivity index (χ2n) is 5.11. The number of likely N-dealkylation sites (tertiary alicyclic amines) is 1. The molecule has 20 heavy (non-hydrogen) atoms. The van der Waals surface area contributed by atoms with Gasteiger partial charge >= 0.3 is 0 Å². The van der Waals surface area contributed by atoms with Gasteiger partial charge in [-0.2, -0.15) is 0 Å². The number of piperidine rings is 1. The summed E-state index contributed by atoms with van der Waals surface area (Å²) in [4.78, 5) is 13.5. The van der Waals surface area contributed by atoms with Gasteiger partial charge in [-0.05, 0) is 53.0 Å². The Morgan fingerprint density at radius 2 is 2.35 bits per heavy atom. The minimum Gasteiger partial charge on any atom is -0.503 e. The van der Waals surface area contributed by atoms with Crippen LogP contribution in [0.15, 0.2) is 16.6 Å². The maximum atomic E-state index is 11.3. The molecule has 1 atom stereocenters. The Morgan fingerprint density at radius 1 is 1.60 bits per heavy atom. The third kappa shape index (κ3) is 3.43. The molecular weight excluding hydrogens is 324 g/mol. The Kier molecular flexibility index (Phi) is 4.88. The first-order valence-electron chi connectivity index (χ1n) is 6.58. The number of primary amides is 1. The van der Waals surface area contributed by atoms with Crippen molar-refractivity contribution in [1.82, 2.24) is 4.90 Å². The van der Waals surface area contributed by atoms with Gasteiger partial charge in [0.15, 0.2) is 11.5 Å². The van der Waals surface area contributed by atoms with Gasteiger partial charge in [0.25, 0.3) is 0 Å². The van der Waals surface area contributed by atoms with E-state index in [1.54, 1.807) is 0 Å². The summed E-state index contributed by atoms with van der Waals surface area (Å²) in [7, 11) is 1.52. The molecule has 1 amide bonds. The number of phenolic OH excluding ortho intramolecular Hbond substituents is 1. The zero-order valence-electron chi connectivity index (χ0n) is 11.4. The number of nitrogens with two attached hydrogens (primary N) is 1. The third-order valence-corrected chi connectivity index (χ3v) is 4.23. The molecule has 0 radical (unpaired) electrons. The molecule has 1 unspecified atom stereocenters. The molecule has 0 aliphatic carbocycles. The predicted octanol–water partition coefficient (Wildman–Crippen LogP) is 1.86. The van der Waals surface area contributed by atoms with Crippen molar-refractivity contribution in [3.63, 3.8) is 0 Å². The standard InChI is InChI=1S/C14H19BrN2O3/c1-20-12-6-9(5-11(15)13(12)18)7-17-4-2-3-10(8-17)14(16)19/h5-6,10,18H,2-4,7-8H2,1H3,(H2,16,19). The molecule has 0 bridgehead atoms. The number of rotatable bonds is 4. The molecule has 0 aromatic heterocycles. The van der Waals surface area contributed by atoms with Gasteiger partial charge in [0.1, 0.15) is 0 Å². The quantitative estimate of drug-likeness (QED) is 0.875. The van der Waals surface area contributed by atoms with Gasteiger partial charge in [0.05, 0.1) is 17.5 Å². The van der Waals surface area contributed by atoms with Crippen molar-refractivity contribution >= 4 is 21.8 Å². The van der Waals surface area contributed by atoms with Crippen molar-refractivity contribution in [2.75, 3.05) is 20.2 Å². The number of benzene rings is 1. The first-order valence-corrected chi connectivity index (χ1v) is 7.37. The SMILES string of the molecule is COc1cc(CN2CCCC(C(N)=O)C2)cc(Br)c1O. The Balaban J connectivity index is 2.10. The van der Waals surface area contributed by atoms with E-state index < -0.39 is 0 Å². The molecule has 1 aliphatic heterocycles. The molecule has 1 heterocycles. The lowest BCUT2D eigenvalue weighted by Crippen LogP contribution is -2.40.